The lowest BCUT2D eigenvalue weighted by molar-refractivity contribution is -0.139. The predicted molar refractivity (Wildman–Crippen MR) is 68.1 cm³/mol. The molecular formula is C14H17F4NO. The van der Waals surface area contributed by atoms with E-state index in [9.17, 15) is 17.6 Å². The van der Waals surface area contributed by atoms with Crippen LogP contribution in [0.1, 0.15) is 32.3 Å². The second kappa shape index (κ2) is 5.60. The molecule has 1 aliphatic heterocycles. The Morgan fingerprint density at radius 3 is 2.30 bits per heavy atom. The summed E-state index contributed by atoms with van der Waals surface area (Å²) in [5.41, 5.74) is -0.958. The normalized spacial score (nSPS) is 27.4. The molecule has 6 heteroatoms. The van der Waals surface area contributed by atoms with Crippen molar-refractivity contribution in [2.75, 3.05) is 5.32 Å². The van der Waals surface area contributed by atoms with E-state index in [0.717, 1.165) is 12.1 Å². The first kappa shape index (κ1) is 15.1. The van der Waals surface area contributed by atoms with Crippen LogP contribution in [0.2, 0.25) is 0 Å². The Morgan fingerprint density at radius 1 is 1.15 bits per heavy atom. The summed E-state index contributed by atoms with van der Waals surface area (Å²) in [6.07, 6.45) is -3.15. The molecule has 1 heterocycles. The van der Waals surface area contributed by atoms with Gasteiger partial charge in [-0.1, -0.05) is 0 Å². The van der Waals surface area contributed by atoms with Crippen molar-refractivity contribution in [1.29, 1.82) is 0 Å². The van der Waals surface area contributed by atoms with Crippen LogP contribution in [0.5, 0.6) is 0 Å². The molecule has 0 aromatic heterocycles. The van der Waals surface area contributed by atoms with Crippen LogP contribution in [0.4, 0.5) is 23.2 Å². The molecule has 2 atom stereocenters. The second-order valence-electron chi connectivity index (χ2n) is 5.26. The number of alkyl halides is 3. The van der Waals surface area contributed by atoms with Crippen molar-refractivity contribution >= 4 is 5.69 Å². The molecular weight excluding hydrogens is 274 g/mol. The quantitative estimate of drug-likeness (QED) is 0.824. The van der Waals surface area contributed by atoms with Crippen LogP contribution in [0.15, 0.2) is 18.2 Å². The number of nitrogens with one attached hydrogen (secondary N) is 1. The summed E-state index contributed by atoms with van der Waals surface area (Å²) >= 11 is 0. The van der Waals surface area contributed by atoms with Gasteiger partial charge in [0, 0.05) is 11.7 Å². The van der Waals surface area contributed by atoms with Gasteiger partial charge in [-0.3, -0.25) is 0 Å². The van der Waals surface area contributed by atoms with Gasteiger partial charge >= 0.3 is 6.18 Å². The summed E-state index contributed by atoms with van der Waals surface area (Å²) in [5.74, 6) is -1.25. The van der Waals surface area contributed by atoms with Gasteiger partial charge in [0.25, 0.3) is 0 Å². The van der Waals surface area contributed by atoms with Crippen molar-refractivity contribution in [3.8, 4) is 0 Å². The average Bonchev–Trinajstić information content (AvgIpc) is 2.29. The van der Waals surface area contributed by atoms with Crippen LogP contribution < -0.4 is 5.32 Å². The summed E-state index contributed by atoms with van der Waals surface area (Å²) in [6.45, 7) is 3.85. The minimum absolute atomic E-state index is 0.0281. The van der Waals surface area contributed by atoms with Crippen LogP contribution in [0.3, 0.4) is 0 Å². The number of rotatable bonds is 2. The highest BCUT2D eigenvalue weighted by Crippen LogP contribution is 2.33. The molecule has 1 fully saturated rings. The topological polar surface area (TPSA) is 21.3 Å². The predicted octanol–water partition coefficient (Wildman–Crippen LogP) is 4.21. The molecule has 112 valence electrons. The largest absolute Gasteiger partial charge is 0.419 e. The highest BCUT2D eigenvalue weighted by Gasteiger charge is 2.34. The lowest BCUT2D eigenvalue weighted by atomic mass is 9.99. The molecule has 0 radical (unpaired) electrons. The molecule has 2 rings (SSSR count). The number of anilines is 1. The Bertz CT molecular complexity index is 465. The van der Waals surface area contributed by atoms with Crippen molar-refractivity contribution in [3.05, 3.63) is 29.6 Å². The SMILES string of the molecule is CC1CC(Nc2ccc(F)c(C(F)(F)F)c2)CC(C)O1. The molecule has 2 unspecified atom stereocenters. The Morgan fingerprint density at radius 2 is 1.75 bits per heavy atom. The van der Waals surface area contributed by atoms with E-state index in [-0.39, 0.29) is 23.9 Å². The lowest BCUT2D eigenvalue weighted by Crippen LogP contribution is -2.36. The third-order valence-corrected chi connectivity index (χ3v) is 3.34. The molecule has 1 N–H and O–H groups in total. The number of benzene rings is 1. The van der Waals surface area contributed by atoms with Gasteiger partial charge in [-0.15, -0.1) is 0 Å². The average molecular weight is 291 g/mol. The second-order valence-corrected chi connectivity index (χ2v) is 5.26. The Kier molecular flexibility index (Phi) is 4.22. The third-order valence-electron chi connectivity index (χ3n) is 3.34. The molecule has 0 saturated carbocycles. The van der Waals surface area contributed by atoms with Gasteiger partial charge in [-0.25, -0.2) is 4.39 Å². The summed E-state index contributed by atoms with van der Waals surface area (Å²) in [5, 5.41) is 3.03. The van der Waals surface area contributed by atoms with Crippen LogP contribution in [0.25, 0.3) is 0 Å². The monoisotopic (exact) mass is 291 g/mol. The van der Waals surface area contributed by atoms with Gasteiger partial charge in [-0.05, 0) is 44.9 Å². The first-order valence-corrected chi connectivity index (χ1v) is 6.54. The molecule has 0 spiro atoms. The van der Waals surface area contributed by atoms with Crippen molar-refractivity contribution in [1.82, 2.24) is 0 Å². The number of hydrogen-bond donors (Lipinski definition) is 1. The van der Waals surface area contributed by atoms with E-state index >= 15 is 0 Å². The molecule has 2 nitrogen and oxygen atoms in total. The van der Waals surface area contributed by atoms with E-state index in [4.69, 9.17) is 4.74 Å². The van der Waals surface area contributed by atoms with Crippen LogP contribution >= 0.6 is 0 Å². The lowest BCUT2D eigenvalue weighted by Gasteiger charge is -2.33. The zero-order valence-electron chi connectivity index (χ0n) is 11.3. The van der Waals surface area contributed by atoms with Crippen LogP contribution in [-0.4, -0.2) is 18.2 Å². The van der Waals surface area contributed by atoms with Crippen molar-refractivity contribution < 1.29 is 22.3 Å². The fraction of sp³-hybridized carbons (Fsp3) is 0.571. The first-order valence-electron chi connectivity index (χ1n) is 6.54. The molecule has 0 aliphatic carbocycles. The van der Waals surface area contributed by atoms with Gasteiger partial charge in [-0.2, -0.15) is 13.2 Å². The smallest absolute Gasteiger partial charge is 0.382 e. The summed E-state index contributed by atoms with van der Waals surface area (Å²) in [7, 11) is 0. The van der Waals surface area contributed by atoms with Gasteiger partial charge in [0.15, 0.2) is 0 Å². The number of ether oxygens (including phenoxy) is 1. The minimum Gasteiger partial charge on any atom is -0.382 e. The van der Waals surface area contributed by atoms with Crippen LogP contribution in [-0.2, 0) is 10.9 Å². The molecule has 1 aliphatic rings. The summed E-state index contributed by atoms with van der Waals surface area (Å²) in [6, 6.07) is 3.02. The van der Waals surface area contributed by atoms with Gasteiger partial charge in [0.05, 0.1) is 17.8 Å². The Labute approximate surface area is 115 Å². The molecule has 1 aromatic carbocycles. The highest BCUT2D eigenvalue weighted by molar-refractivity contribution is 5.48. The van der Waals surface area contributed by atoms with E-state index in [2.05, 4.69) is 5.32 Å². The molecule has 20 heavy (non-hydrogen) atoms. The number of halogens is 4. The Hall–Kier alpha value is -1.30. The maximum absolute atomic E-state index is 13.2. The molecule has 1 aromatic rings. The minimum atomic E-state index is -4.68. The third kappa shape index (κ3) is 3.62. The molecule has 0 amide bonds. The van der Waals surface area contributed by atoms with Crippen molar-refractivity contribution in [2.45, 2.75) is 51.1 Å². The maximum Gasteiger partial charge on any atom is 0.419 e. The van der Waals surface area contributed by atoms with Gasteiger partial charge in [0.2, 0.25) is 0 Å². The summed E-state index contributed by atoms with van der Waals surface area (Å²) in [4.78, 5) is 0. The number of hydrogen-bond acceptors (Lipinski definition) is 2. The zero-order chi connectivity index (χ0) is 14.9. The maximum atomic E-state index is 13.2. The first-order chi connectivity index (χ1) is 9.25. The van der Waals surface area contributed by atoms with E-state index in [1.807, 2.05) is 13.8 Å². The van der Waals surface area contributed by atoms with E-state index < -0.39 is 17.6 Å². The van der Waals surface area contributed by atoms with Gasteiger partial charge in [0.1, 0.15) is 5.82 Å². The molecule has 0 bridgehead atoms. The van der Waals surface area contributed by atoms with E-state index in [1.54, 1.807) is 0 Å². The highest BCUT2D eigenvalue weighted by atomic mass is 19.4. The van der Waals surface area contributed by atoms with E-state index in [1.165, 1.54) is 6.07 Å². The van der Waals surface area contributed by atoms with Gasteiger partial charge < -0.3 is 10.1 Å². The van der Waals surface area contributed by atoms with Crippen molar-refractivity contribution in [3.63, 3.8) is 0 Å². The zero-order valence-corrected chi connectivity index (χ0v) is 11.3. The molecule has 1 saturated heterocycles. The fourth-order valence-electron chi connectivity index (χ4n) is 2.59. The summed E-state index contributed by atoms with van der Waals surface area (Å²) < 4.78 is 56.7. The standard InChI is InChI=1S/C14H17F4NO/c1-8-5-11(6-9(2)20-8)19-10-3-4-13(15)12(7-10)14(16,17)18/h3-4,7-9,11,19H,5-6H2,1-2H3. The van der Waals surface area contributed by atoms with Crippen molar-refractivity contribution in [2.24, 2.45) is 0 Å². The van der Waals surface area contributed by atoms with Crippen LogP contribution in [0, 0.1) is 5.82 Å². The van der Waals surface area contributed by atoms with E-state index in [0.29, 0.717) is 12.8 Å². The Balaban J connectivity index is 2.14. The fourth-order valence-corrected chi connectivity index (χ4v) is 2.59.